The summed E-state index contributed by atoms with van der Waals surface area (Å²) in [5, 5.41) is 0. The van der Waals surface area contributed by atoms with Gasteiger partial charge < -0.3 is 10.5 Å². The normalized spacial score (nSPS) is 16.5. The van der Waals surface area contributed by atoms with E-state index in [0.29, 0.717) is 13.2 Å². The molecule has 1 fully saturated rings. The lowest BCUT2D eigenvalue weighted by atomic mass is 10.4. The van der Waals surface area contributed by atoms with Crippen molar-refractivity contribution in [2.45, 2.75) is 12.8 Å². The van der Waals surface area contributed by atoms with E-state index >= 15 is 0 Å². The van der Waals surface area contributed by atoms with Gasteiger partial charge in [0.2, 0.25) is 5.91 Å². The third-order valence-electron chi connectivity index (χ3n) is 2.09. The van der Waals surface area contributed by atoms with Crippen LogP contribution in [0.25, 0.3) is 0 Å². The molecule has 0 heterocycles. The Morgan fingerprint density at radius 3 is 2.85 bits per heavy atom. The second-order valence-corrected chi connectivity index (χ2v) is 3.72. The number of rotatable bonds is 7. The van der Waals surface area contributed by atoms with Crippen LogP contribution >= 0.6 is 0 Å². The maximum Gasteiger partial charge on any atom is 0.231 e. The van der Waals surface area contributed by atoms with Crippen LogP contribution in [0.4, 0.5) is 0 Å². The Hall–Kier alpha value is -0.610. The molecule has 76 valence electrons. The van der Waals surface area contributed by atoms with Crippen molar-refractivity contribution < 1.29 is 9.53 Å². The summed E-state index contributed by atoms with van der Waals surface area (Å²) in [5.74, 6) is 0.520. The SMILES string of the molecule is CN(CCOCC1CC1)CC(N)=O. The Morgan fingerprint density at radius 2 is 2.31 bits per heavy atom. The Labute approximate surface area is 79.0 Å². The maximum atomic E-state index is 10.5. The summed E-state index contributed by atoms with van der Waals surface area (Å²) in [7, 11) is 1.87. The predicted octanol–water partition coefficient (Wildman–Crippen LogP) is -0.170. The molecule has 0 aromatic carbocycles. The summed E-state index contributed by atoms with van der Waals surface area (Å²) in [4.78, 5) is 12.4. The van der Waals surface area contributed by atoms with E-state index in [1.54, 1.807) is 0 Å². The third kappa shape index (κ3) is 5.60. The van der Waals surface area contributed by atoms with Crippen LogP contribution in [-0.2, 0) is 9.53 Å². The van der Waals surface area contributed by atoms with E-state index in [0.717, 1.165) is 19.1 Å². The van der Waals surface area contributed by atoms with Crippen molar-refractivity contribution in [3.05, 3.63) is 0 Å². The van der Waals surface area contributed by atoms with Crippen LogP contribution in [-0.4, -0.2) is 44.2 Å². The van der Waals surface area contributed by atoms with Gasteiger partial charge >= 0.3 is 0 Å². The van der Waals surface area contributed by atoms with E-state index in [-0.39, 0.29) is 5.91 Å². The van der Waals surface area contributed by atoms with E-state index in [2.05, 4.69) is 0 Å². The number of ether oxygens (including phenoxy) is 1. The van der Waals surface area contributed by atoms with Crippen LogP contribution in [0.15, 0.2) is 0 Å². The molecule has 0 bridgehead atoms. The van der Waals surface area contributed by atoms with Gasteiger partial charge in [-0.3, -0.25) is 9.69 Å². The summed E-state index contributed by atoms with van der Waals surface area (Å²) in [6, 6.07) is 0. The minimum absolute atomic E-state index is 0.287. The topological polar surface area (TPSA) is 55.6 Å². The first-order chi connectivity index (χ1) is 6.18. The maximum absolute atomic E-state index is 10.5. The lowest BCUT2D eigenvalue weighted by Crippen LogP contribution is -2.33. The highest BCUT2D eigenvalue weighted by Crippen LogP contribution is 2.28. The van der Waals surface area contributed by atoms with Gasteiger partial charge in [-0.05, 0) is 25.8 Å². The quantitative estimate of drug-likeness (QED) is 0.562. The summed E-state index contributed by atoms with van der Waals surface area (Å²) in [6.45, 7) is 2.66. The highest BCUT2D eigenvalue weighted by atomic mass is 16.5. The van der Waals surface area contributed by atoms with Crippen LogP contribution in [0.2, 0.25) is 0 Å². The first-order valence-electron chi connectivity index (χ1n) is 4.73. The van der Waals surface area contributed by atoms with Crippen LogP contribution in [0.3, 0.4) is 0 Å². The molecule has 1 rings (SSSR count). The van der Waals surface area contributed by atoms with E-state index < -0.39 is 0 Å². The van der Waals surface area contributed by atoms with Gasteiger partial charge in [0, 0.05) is 13.2 Å². The van der Waals surface area contributed by atoms with Gasteiger partial charge in [0.25, 0.3) is 0 Å². The van der Waals surface area contributed by atoms with Gasteiger partial charge in [-0.1, -0.05) is 0 Å². The van der Waals surface area contributed by atoms with Crippen molar-refractivity contribution in [3.63, 3.8) is 0 Å². The third-order valence-corrected chi connectivity index (χ3v) is 2.09. The van der Waals surface area contributed by atoms with E-state index in [4.69, 9.17) is 10.5 Å². The van der Waals surface area contributed by atoms with E-state index in [1.165, 1.54) is 12.8 Å². The lowest BCUT2D eigenvalue weighted by molar-refractivity contribution is -0.119. The number of primary amides is 1. The molecule has 13 heavy (non-hydrogen) atoms. The van der Waals surface area contributed by atoms with Crippen molar-refractivity contribution >= 4 is 5.91 Å². The molecule has 0 unspecified atom stereocenters. The molecule has 0 radical (unpaired) electrons. The van der Waals surface area contributed by atoms with E-state index in [1.807, 2.05) is 11.9 Å². The summed E-state index contributed by atoms with van der Waals surface area (Å²) < 4.78 is 5.42. The number of likely N-dealkylation sites (N-methyl/N-ethyl adjacent to an activating group) is 1. The Kier molecular flexibility index (Phi) is 4.18. The standard InChI is InChI=1S/C9H18N2O2/c1-11(6-9(10)12)4-5-13-7-8-2-3-8/h8H,2-7H2,1H3,(H2,10,12). The molecule has 4 heteroatoms. The first kappa shape index (κ1) is 10.5. The second-order valence-electron chi connectivity index (χ2n) is 3.72. The molecule has 1 aliphatic carbocycles. The Balaban J connectivity index is 1.88. The van der Waals surface area contributed by atoms with Crippen molar-refractivity contribution in [2.24, 2.45) is 11.7 Å². The number of nitrogens with two attached hydrogens (primary N) is 1. The minimum Gasteiger partial charge on any atom is -0.380 e. The predicted molar refractivity (Wildman–Crippen MR) is 50.2 cm³/mol. The molecule has 0 saturated heterocycles. The van der Waals surface area contributed by atoms with Gasteiger partial charge in [0.05, 0.1) is 13.2 Å². The molecule has 0 spiro atoms. The van der Waals surface area contributed by atoms with Gasteiger partial charge in [0.15, 0.2) is 0 Å². The first-order valence-corrected chi connectivity index (χ1v) is 4.73. The zero-order valence-electron chi connectivity index (χ0n) is 8.16. The smallest absolute Gasteiger partial charge is 0.231 e. The fraction of sp³-hybridized carbons (Fsp3) is 0.889. The van der Waals surface area contributed by atoms with Crippen LogP contribution < -0.4 is 5.73 Å². The average molecular weight is 186 g/mol. The van der Waals surface area contributed by atoms with Crippen molar-refractivity contribution in [1.29, 1.82) is 0 Å². The molecule has 0 aromatic rings. The lowest BCUT2D eigenvalue weighted by Gasteiger charge is -2.13. The molecule has 1 saturated carbocycles. The van der Waals surface area contributed by atoms with Crippen molar-refractivity contribution in [3.8, 4) is 0 Å². The number of nitrogens with zero attached hydrogens (tertiary/aromatic N) is 1. The molecule has 0 aromatic heterocycles. The van der Waals surface area contributed by atoms with Crippen molar-refractivity contribution in [1.82, 2.24) is 4.90 Å². The van der Waals surface area contributed by atoms with Crippen molar-refractivity contribution in [2.75, 3.05) is 33.4 Å². The molecule has 4 nitrogen and oxygen atoms in total. The van der Waals surface area contributed by atoms with Gasteiger partial charge in [-0.15, -0.1) is 0 Å². The van der Waals surface area contributed by atoms with Gasteiger partial charge in [0.1, 0.15) is 0 Å². The minimum atomic E-state index is -0.287. The molecule has 1 aliphatic rings. The average Bonchev–Trinajstić information content (AvgIpc) is 2.80. The van der Waals surface area contributed by atoms with Crippen LogP contribution in [0, 0.1) is 5.92 Å². The fourth-order valence-electron chi connectivity index (χ4n) is 1.10. The molecule has 0 aliphatic heterocycles. The zero-order chi connectivity index (χ0) is 9.68. The van der Waals surface area contributed by atoms with Gasteiger partial charge in [-0.25, -0.2) is 0 Å². The monoisotopic (exact) mass is 186 g/mol. The number of carbonyl (C=O) groups is 1. The summed E-state index contributed by atoms with van der Waals surface area (Å²) in [5.41, 5.74) is 5.03. The van der Waals surface area contributed by atoms with Crippen LogP contribution in [0.5, 0.6) is 0 Å². The summed E-state index contributed by atoms with van der Waals surface area (Å²) in [6.07, 6.45) is 2.63. The molecule has 2 N–H and O–H groups in total. The molecule has 1 amide bonds. The second kappa shape index (κ2) is 5.19. The number of amides is 1. The number of carbonyl (C=O) groups excluding carboxylic acids is 1. The largest absolute Gasteiger partial charge is 0.380 e. The number of hydrogen-bond donors (Lipinski definition) is 1. The van der Waals surface area contributed by atoms with E-state index in [9.17, 15) is 4.79 Å². The Morgan fingerprint density at radius 1 is 1.62 bits per heavy atom. The molecular formula is C9H18N2O2. The van der Waals surface area contributed by atoms with Gasteiger partial charge in [-0.2, -0.15) is 0 Å². The Bertz CT molecular complexity index is 169. The highest BCUT2D eigenvalue weighted by Gasteiger charge is 2.20. The highest BCUT2D eigenvalue weighted by molar-refractivity contribution is 5.75. The fourth-order valence-corrected chi connectivity index (χ4v) is 1.10. The summed E-state index contributed by atoms with van der Waals surface area (Å²) >= 11 is 0. The van der Waals surface area contributed by atoms with Crippen LogP contribution in [0.1, 0.15) is 12.8 Å². The molecule has 0 atom stereocenters. The zero-order valence-corrected chi connectivity index (χ0v) is 8.16. The molecular weight excluding hydrogens is 168 g/mol. The number of hydrogen-bond acceptors (Lipinski definition) is 3.